The Kier molecular flexibility index (Phi) is 3.65. The molecule has 1 aliphatic carbocycles. The molecule has 1 saturated carbocycles. The number of hydrogen-bond donors (Lipinski definition) is 1. The van der Waals surface area contributed by atoms with E-state index < -0.39 is 0 Å². The highest BCUT2D eigenvalue weighted by Gasteiger charge is 2.40. The standard InChI is InChI=1S/C13H23NO2/c1-10(14)12(15)11-5-8-16-13(9-11)6-3-2-4-7-13/h10-11H,2-9,14H2,1H3. The summed E-state index contributed by atoms with van der Waals surface area (Å²) in [4.78, 5) is 11.9. The van der Waals surface area contributed by atoms with Crippen molar-refractivity contribution in [3.8, 4) is 0 Å². The summed E-state index contributed by atoms with van der Waals surface area (Å²) in [7, 11) is 0. The van der Waals surface area contributed by atoms with Crippen molar-refractivity contribution in [1.82, 2.24) is 0 Å². The van der Waals surface area contributed by atoms with Crippen LogP contribution in [-0.4, -0.2) is 24.0 Å². The molecule has 2 atom stereocenters. The molecule has 1 heterocycles. The normalized spacial score (nSPS) is 31.2. The molecule has 0 aromatic carbocycles. The Morgan fingerprint density at radius 2 is 2.06 bits per heavy atom. The smallest absolute Gasteiger partial charge is 0.152 e. The van der Waals surface area contributed by atoms with Gasteiger partial charge in [0, 0.05) is 12.5 Å². The Bertz CT molecular complexity index is 251. The second kappa shape index (κ2) is 4.84. The molecule has 2 unspecified atom stereocenters. The lowest BCUT2D eigenvalue weighted by molar-refractivity contribution is -0.143. The fraction of sp³-hybridized carbons (Fsp3) is 0.923. The molecule has 3 heteroatoms. The maximum atomic E-state index is 11.9. The van der Waals surface area contributed by atoms with Crippen LogP contribution < -0.4 is 5.73 Å². The molecule has 0 amide bonds. The predicted octanol–water partition coefficient (Wildman–Crippen LogP) is 2.03. The summed E-state index contributed by atoms with van der Waals surface area (Å²) in [6, 6.07) is -0.316. The Balaban J connectivity index is 2.00. The summed E-state index contributed by atoms with van der Waals surface area (Å²) in [5.41, 5.74) is 5.71. The van der Waals surface area contributed by atoms with Crippen molar-refractivity contribution in [3.63, 3.8) is 0 Å². The topological polar surface area (TPSA) is 52.3 Å². The monoisotopic (exact) mass is 225 g/mol. The minimum absolute atomic E-state index is 0.0196. The summed E-state index contributed by atoms with van der Waals surface area (Å²) in [6.45, 7) is 2.54. The number of nitrogens with two attached hydrogens (primary N) is 1. The zero-order chi connectivity index (χ0) is 11.6. The Morgan fingerprint density at radius 1 is 1.38 bits per heavy atom. The van der Waals surface area contributed by atoms with E-state index in [4.69, 9.17) is 10.5 Å². The van der Waals surface area contributed by atoms with Gasteiger partial charge in [0.15, 0.2) is 5.78 Å². The molecular weight excluding hydrogens is 202 g/mol. The molecule has 2 N–H and O–H groups in total. The van der Waals surface area contributed by atoms with Gasteiger partial charge in [0.1, 0.15) is 0 Å². The quantitative estimate of drug-likeness (QED) is 0.782. The Labute approximate surface area is 97.7 Å². The summed E-state index contributed by atoms with van der Waals surface area (Å²) in [5.74, 6) is 0.375. The molecule has 2 fully saturated rings. The van der Waals surface area contributed by atoms with Gasteiger partial charge in [-0.1, -0.05) is 19.3 Å². The Morgan fingerprint density at radius 3 is 2.69 bits per heavy atom. The van der Waals surface area contributed by atoms with Gasteiger partial charge in [-0.15, -0.1) is 0 Å². The van der Waals surface area contributed by atoms with E-state index in [2.05, 4.69) is 0 Å². The van der Waals surface area contributed by atoms with E-state index in [9.17, 15) is 4.79 Å². The van der Waals surface area contributed by atoms with Gasteiger partial charge in [-0.3, -0.25) is 4.79 Å². The zero-order valence-electron chi connectivity index (χ0n) is 10.2. The third-order valence-corrected chi connectivity index (χ3v) is 4.11. The number of ether oxygens (including phenoxy) is 1. The van der Waals surface area contributed by atoms with E-state index in [1.165, 1.54) is 19.3 Å². The third kappa shape index (κ3) is 2.46. The van der Waals surface area contributed by atoms with Crippen molar-refractivity contribution < 1.29 is 9.53 Å². The SMILES string of the molecule is CC(N)C(=O)C1CCOC2(CCCCC2)C1. The number of rotatable bonds is 2. The van der Waals surface area contributed by atoms with Crippen LogP contribution in [0.5, 0.6) is 0 Å². The molecule has 1 spiro atoms. The maximum Gasteiger partial charge on any atom is 0.152 e. The van der Waals surface area contributed by atoms with Crippen molar-refractivity contribution in [1.29, 1.82) is 0 Å². The minimum atomic E-state index is -0.316. The highest BCUT2D eigenvalue weighted by Crippen LogP contribution is 2.40. The van der Waals surface area contributed by atoms with Crippen LogP contribution in [0.1, 0.15) is 51.9 Å². The summed E-state index contributed by atoms with van der Waals surface area (Å²) in [6.07, 6.45) is 7.86. The molecule has 16 heavy (non-hydrogen) atoms. The lowest BCUT2D eigenvalue weighted by atomic mass is 9.74. The fourth-order valence-corrected chi connectivity index (χ4v) is 3.19. The molecule has 0 bridgehead atoms. The summed E-state index contributed by atoms with van der Waals surface area (Å²) >= 11 is 0. The van der Waals surface area contributed by atoms with E-state index in [-0.39, 0.29) is 23.3 Å². The third-order valence-electron chi connectivity index (χ3n) is 4.11. The molecule has 2 aliphatic rings. The van der Waals surface area contributed by atoms with E-state index in [1.54, 1.807) is 6.92 Å². The van der Waals surface area contributed by atoms with Gasteiger partial charge in [-0.05, 0) is 32.6 Å². The molecular formula is C13H23NO2. The molecule has 92 valence electrons. The van der Waals surface area contributed by atoms with Crippen LogP contribution in [0.25, 0.3) is 0 Å². The van der Waals surface area contributed by atoms with Crippen molar-refractivity contribution in [2.75, 3.05) is 6.61 Å². The highest BCUT2D eigenvalue weighted by atomic mass is 16.5. The van der Waals surface area contributed by atoms with E-state index in [0.29, 0.717) is 0 Å². The molecule has 0 aromatic rings. The average molecular weight is 225 g/mol. The average Bonchev–Trinajstić information content (AvgIpc) is 2.29. The maximum absolute atomic E-state index is 11.9. The molecule has 1 aliphatic heterocycles. The van der Waals surface area contributed by atoms with Gasteiger partial charge < -0.3 is 10.5 Å². The van der Waals surface area contributed by atoms with Crippen LogP contribution in [-0.2, 0) is 9.53 Å². The van der Waals surface area contributed by atoms with Crippen molar-refractivity contribution in [3.05, 3.63) is 0 Å². The molecule has 0 aromatic heterocycles. The second-order valence-corrected chi connectivity index (χ2v) is 5.47. The van der Waals surface area contributed by atoms with Gasteiger partial charge in [0.25, 0.3) is 0 Å². The van der Waals surface area contributed by atoms with Crippen LogP contribution in [0, 0.1) is 5.92 Å². The first kappa shape index (κ1) is 12.1. The number of Topliss-reactive ketones (excluding diaryl/α,β-unsaturated/α-hetero) is 1. The number of ketones is 1. The van der Waals surface area contributed by atoms with Gasteiger partial charge in [0.05, 0.1) is 11.6 Å². The minimum Gasteiger partial charge on any atom is -0.375 e. The van der Waals surface area contributed by atoms with E-state index in [0.717, 1.165) is 32.3 Å². The lowest BCUT2D eigenvalue weighted by Crippen LogP contribution is -2.46. The van der Waals surface area contributed by atoms with Crippen LogP contribution in [0.2, 0.25) is 0 Å². The first-order valence-corrected chi connectivity index (χ1v) is 6.56. The second-order valence-electron chi connectivity index (χ2n) is 5.47. The lowest BCUT2D eigenvalue weighted by Gasteiger charge is -2.43. The van der Waals surface area contributed by atoms with Gasteiger partial charge in [-0.25, -0.2) is 0 Å². The zero-order valence-corrected chi connectivity index (χ0v) is 10.2. The van der Waals surface area contributed by atoms with E-state index in [1.807, 2.05) is 0 Å². The van der Waals surface area contributed by atoms with Crippen LogP contribution in [0.15, 0.2) is 0 Å². The summed E-state index contributed by atoms with van der Waals surface area (Å²) < 4.78 is 5.97. The largest absolute Gasteiger partial charge is 0.375 e. The van der Waals surface area contributed by atoms with Gasteiger partial charge >= 0.3 is 0 Å². The van der Waals surface area contributed by atoms with E-state index >= 15 is 0 Å². The van der Waals surface area contributed by atoms with Gasteiger partial charge in [-0.2, -0.15) is 0 Å². The van der Waals surface area contributed by atoms with Crippen LogP contribution in [0.4, 0.5) is 0 Å². The van der Waals surface area contributed by atoms with Crippen LogP contribution >= 0.6 is 0 Å². The highest BCUT2D eigenvalue weighted by molar-refractivity contribution is 5.85. The molecule has 0 radical (unpaired) electrons. The molecule has 2 rings (SSSR count). The Hall–Kier alpha value is -0.410. The van der Waals surface area contributed by atoms with Gasteiger partial charge in [0.2, 0.25) is 0 Å². The number of carbonyl (C=O) groups excluding carboxylic acids is 1. The molecule has 1 saturated heterocycles. The van der Waals surface area contributed by atoms with Crippen LogP contribution in [0.3, 0.4) is 0 Å². The fourth-order valence-electron chi connectivity index (χ4n) is 3.19. The predicted molar refractivity (Wildman–Crippen MR) is 63.1 cm³/mol. The number of hydrogen-bond acceptors (Lipinski definition) is 3. The van der Waals surface area contributed by atoms with Crippen molar-refractivity contribution in [2.24, 2.45) is 11.7 Å². The van der Waals surface area contributed by atoms with Crippen molar-refractivity contribution >= 4 is 5.78 Å². The summed E-state index contributed by atoms with van der Waals surface area (Å²) in [5, 5.41) is 0. The first-order chi connectivity index (χ1) is 7.63. The van der Waals surface area contributed by atoms with Crippen molar-refractivity contribution in [2.45, 2.75) is 63.5 Å². The molecule has 3 nitrogen and oxygen atoms in total. The number of carbonyl (C=O) groups is 1. The first-order valence-electron chi connectivity index (χ1n) is 6.56.